The summed E-state index contributed by atoms with van der Waals surface area (Å²) in [5, 5.41) is 4.15. The molecule has 1 fully saturated rings. The lowest BCUT2D eigenvalue weighted by Gasteiger charge is -2.27. The van der Waals surface area contributed by atoms with Crippen LogP contribution in [0.15, 0.2) is 10.8 Å². The van der Waals surface area contributed by atoms with Gasteiger partial charge < -0.3 is 14.4 Å². The number of aromatic nitrogens is 4. The third-order valence-electron chi connectivity index (χ3n) is 3.04. The van der Waals surface area contributed by atoms with E-state index in [2.05, 4.69) is 35.9 Å². The molecule has 0 bridgehead atoms. The number of morpholine rings is 1. The number of carbonyl (C=O) groups excluding carboxylic acids is 1. The highest BCUT2D eigenvalue weighted by molar-refractivity contribution is 9.10. The number of nitrogens with zero attached hydrogens (tertiary/aromatic N) is 5. The van der Waals surface area contributed by atoms with E-state index in [9.17, 15) is 4.79 Å². The van der Waals surface area contributed by atoms with Gasteiger partial charge in [-0.15, -0.1) is 5.10 Å². The first-order chi connectivity index (χ1) is 10.2. The molecule has 0 N–H and O–H groups in total. The minimum absolute atomic E-state index is 0.0336. The first kappa shape index (κ1) is 14.2. The molecule has 8 nitrogen and oxygen atoms in total. The standard InChI is InChI=1S/C12H14BrN5O3/c1-2-21-12(19)9-15-11-10(17-3-5-20-6-4-17)14-8(13)7-18(11)16-9/h7H,2-6H2,1H3. The largest absolute Gasteiger partial charge is 0.460 e. The molecule has 0 saturated carbocycles. The molecule has 21 heavy (non-hydrogen) atoms. The number of fused-ring (bicyclic) bond motifs is 1. The lowest BCUT2D eigenvalue weighted by atomic mass is 10.4. The highest BCUT2D eigenvalue weighted by Crippen LogP contribution is 2.22. The zero-order valence-corrected chi connectivity index (χ0v) is 13.0. The average molecular weight is 356 g/mol. The number of rotatable bonds is 3. The third-order valence-corrected chi connectivity index (χ3v) is 3.42. The highest BCUT2D eigenvalue weighted by Gasteiger charge is 2.21. The number of carbonyl (C=O) groups is 1. The van der Waals surface area contributed by atoms with Crippen molar-refractivity contribution in [1.82, 2.24) is 19.6 Å². The van der Waals surface area contributed by atoms with Gasteiger partial charge in [0.25, 0.3) is 5.82 Å². The fourth-order valence-corrected chi connectivity index (χ4v) is 2.48. The Hall–Kier alpha value is -1.74. The second-order valence-corrected chi connectivity index (χ2v) is 5.22. The molecule has 1 aliphatic heterocycles. The molecule has 0 spiro atoms. The summed E-state index contributed by atoms with van der Waals surface area (Å²) in [5.74, 6) is 0.173. The number of esters is 1. The van der Waals surface area contributed by atoms with Gasteiger partial charge in [-0.25, -0.2) is 14.3 Å². The first-order valence-corrected chi connectivity index (χ1v) is 7.41. The van der Waals surface area contributed by atoms with Crippen LogP contribution in [0.2, 0.25) is 0 Å². The van der Waals surface area contributed by atoms with Crippen LogP contribution in [0.3, 0.4) is 0 Å². The van der Waals surface area contributed by atoms with Crippen LogP contribution < -0.4 is 4.90 Å². The van der Waals surface area contributed by atoms with Crippen molar-refractivity contribution in [2.75, 3.05) is 37.8 Å². The summed E-state index contributed by atoms with van der Waals surface area (Å²) in [6.07, 6.45) is 1.66. The van der Waals surface area contributed by atoms with Gasteiger partial charge in [-0.3, -0.25) is 0 Å². The summed E-state index contributed by atoms with van der Waals surface area (Å²) >= 11 is 3.35. The molecular formula is C12H14BrN5O3. The Bertz CT molecular complexity index is 668. The van der Waals surface area contributed by atoms with E-state index in [1.54, 1.807) is 13.1 Å². The van der Waals surface area contributed by atoms with Crippen molar-refractivity contribution >= 4 is 33.4 Å². The molecule has 0 aliphatic carbocycles. The van der Waals surface area contributed by atoms with E-state index >= 15 is 0 Å². The van der Waals surface area contributed by atoms with E-state index in [-0.39, 0.29) is 12.4 Å². The molecule has 0 amide bonds. The lowest BCUT2D eigenvalue weighted by molar-refractivity contribution is 0.0512. The van der Waals surface area contributed by atoms with Gasteiger partial charge in [-0.05, 0) is 22.9 Å². The van der Waals surface area contributed by atoms with Crippen LogP contribution in [0, 0.1) is 0 Å². The van der Waals surface area contributed by atoms with Crippen molar-refractivity contribution < 1.29 is 14.3 Å². The maximum atomic E-state index is 11.8. The molecule has 112 valence electrons. The van der Waals surface area contributed by atoms with Crippen LogP contribution in [0.1, 0.15) is 17.5 Å². The topological polar surface area (TPSA) is 81.8 Å². The van der Waals surface area contributed by atoms with Crippen LogP contribution >= 0.6 is 15.9 Å². The first-order valence-electron chi connectivity index (χ1n) is 6.61. The Morgan fingerprint density at radius 1 is 1.43 bits per heavy atom. The summed E-state index contributed by atoms with van der Waals surface area (Å²) in [7, 11) is 0. The predicted octanol–water partition coefficient (Wildman–Crippen LogP) is 0.900. The van der Waals surface area contributed by atoms with Crippen LogP contribution in [-0.4, -0.2) is 58.5 Å². The minimum Gasteiger partial charge on any atom is -0.460 e. The van der Waals surface area contributed by atoms with Gasteiger partial charge in [0.15, 0.2) is 11.5 Å². The van der Waals surface area contributed by atoms with Crippen molar-refractivity contribution in [3.05, 3.63) is 16.6 Å². The lowest BCUT2D eigenvalue weighted by Crippen LogP contribution is -2.37. The quantitative estimate of drug-likeness (QED) is 0.756. The molecule has 9 heteroatoms. The van der Waals surface area contributed by atoms with Crippen molar-refractivity contribution in [3.8, 4) is 0 Å². The van der Waals surface area contributed by atoms with Crippen LogP contribution in [0.5, 0.6) is 0 Å². The number of hydrogen-bond acceptors (Lipinski definition) is 7. The van der Waals surface area contributed by atoms with Crippen molar-refractivity contribution in [2.24, 2.45) is 0 Å². The van der Waals surface area contributed by atoms with E-state index in [0.29, 0.717) is 29.3 Å². The van der Waals surface area contributed by atoms with Gasteiger partial charge in [-0.1, -0.05) is 0 Å². The fourth-order valence-electron chi connectivity index (χ4n) is 2.12. The van der Waals surface area contributed by atoms with Gasteiger partial charge >= 0.3 is 5.97 Å². The minimum atomic E-state index is -0.537. The van der Waals surface area contributed by atoms with Crippen LogP contribution in [0.4, 0.5) is 5.82 Å². The molecule has 0 unspecified atom stereocenters. The fraction of sp³-hybridized carbons (Fsp3) is 0.500. The summed E-state index contributed by atoms with van der Waals surface area (Å²) < 4.78 is 12.4. The van der Waals surface area contributed by atoms with Gasteiger partial charge in [0.1, 0.15) is 4.60 Å². The molecule has 2 aromatic heterocycles. The van der Waals surface area contributed by atoms with Gasteiger partial charge in [0, 0.05) is 13.1 Å². The summed E-state index contributed by atoms with van der Waals surface area (Å²) in [6.45, 7) is 4.75. The van der Waals surface area contributed by atoms with Gasteiger partial charge in [0.05, 0.1) is 26.0 Å². The maximum absolute atomic E-state index is 11.8. The van der Waals surface area contributed by atoms with E-state index in [1.807, 2.05) is 0 Å². The maximum Gasteiger partial charge on any atom is 0.378 e. The SMILES string of the molecule is CCOC(=O)c1nc2c(N3CCOCC3)nc(Br)cn2n1. The number of hydrogen-bond donors (Lipinski definition) is 0. The molecule has 0 aromatic carbocycles. The smallest absolute Gasteiger partial charge is 0.378 e. The second kappa shape index (κ2) is 5.94. The summed E-state index contributed by atoms with van der Waals surface area (Å²) in [4.78, 5) is 22.5. The zero-order valence-electron chi connectivity index (χ0n) is 11.5. The van der Waals surface area contributed by atoms with Crippen molar-refractivity contribution in [1.29, 1.82) is 0 Å². The molecule has 0 radical (unpaired) electrons. The zero-order chi connectivity index (χ0) is 14.8. The van der Waals surface area contributed by atoms with E-state index < -0.39 is 5.97 Å². The summed E-state index contributed by atoms with van der Waals surface area (Å²) in [6, 6.07) is 0. The van der Waals surface area contributed by atoms with E-state index in [0.717, 1.165) is 13.1 Å². The number of ether oxygens (including phenoxy) is 2. The normalized spacial score (nSPS) is 15.4. The van der Waals surface area contributed by atoms with Crippen molar-refractivity contribution in [3.63, 3.8) is 0 Å². The van der Waals surface area contributed by atoms with E-state index in [1.165, 1.54) is 4.52 Å². The number of anilines is 1. The monoisotopic (exact) mass is 355 g/mol. The Balaban J connectivity index is 2.04. The molecule has 2 aromatic rings. The predicted molar refractivity (Wildman–Crippen MR) is 77.5 cm³/mol. The molecule has 1 aliphatic rings. The Kier molecular flexibility index (Phi) is 4.02. The average Bonchev–Trinajstić information content (AvgIpc) is 2.91. The molecule has 1 saturated heterocycles. The number of halogens is 1. The Morgan fingerprint density at radius 3 is 2.90 bits per heavy atom. The molecule has 3 heterocycles. The highest BCUT2D eigenvalue weighted by atomic mass is 79.9. The Labute approximate surface area is 129 Å². The molecular weight excluding hydrogens is 342 g/mol. The molecule has 3 rings (SSSR count). The van der Waals surface area contributed by atoms with Gasteiger partial charge in [0.2, 0.25) is 0 Å². The van der Waals surface area contributed by atoms with E-state index in [4.69, 9.17) is 9.47 Å². The van der Waals surface area contributed by atoms with Gasteiger partial charge in [-0.2, -0.15) is 4.98 Å². The third kappa shape index (κ3) is 2.84. The van der Waals surface area contributed by atoms with Crippen LogP contribution in [-0.2, 0) is 9.47 Å². The summed E-state index contributed by atoms with van der Waals surface area (Å²) in [5.41, 5.74) is 0.531. The Morgan fingerprint density at radius 2 is 2.19 bits per heavy atom. The van der Waals surface area contributed by atoms with Crippen molar-refractivity contribution in [2.45, 2.75) is 6.92 Å². The second-order valence-electron chi connectivity index (χ2n) is 4.41. The van der Waals surface area contributed by atoms with Crippen LogP contribution in [0.25, 0.3) is 5.65 Å². The molecule has 0 atom stereocenters.